The second-order valence-electron chi connectivity index (χ2n) is 7.70. The highest BCUT2D eigenvalue weighted by Crippen LogP contribution is 2.29. The number of pyridine rings is 1. The summed E-state index contributed by atoms with van der Waals surface area (Å²) in [6.07, 6.45) is 8.02. The van der Waals surface area contributed by atoms with Crippen LogP contribution in [0.25, 0.3) is 11.5 Å². The van der Waals surface area contributed by atoms with E-state index in [1.807, 2.05) is 6.92 Å². The highest BCUT2D eigenvalue weighted by molar-refractivity contribution is 5.87. The molecule has 0 aliphatic heterocycles. The van der Waals surface area contributed by atoms with Crippen LogP contribution in [0.2, 0.25) is 0 Å². The molecule has 1 fully saturated rings. The van der Waals surface area contributed by atoms with Crippen LogP contribution >= 0.6 is 0 Å². The van der Waals surface area contributed by atoms with Crippen molar-refractivity contribution in [3.8, 4) is 11.5 Å². The number of hydrogen-bond donors (Lipinski definition) is 1. The molecule has 1 aliphatic carbocycles. The van der Waals surface area contributed by atoms with E-state index in [-0.39, 0.29) is 17.7 Å². The minimum atomic E-state index is -1.17. The molecule has 2 heterocycles. The summed E-state index contributed by atoms with van der Waals surface area (Å²) in [5.41, 5.74) is 0.353. The summed E-state index contributed by atoms with van der Waals surface area (Å²) in [6, 6.07) is 3.32. The Morgan fingerprint density at radius 2 is 2.06 bits per heavy atom. The Hall–Kier alpha value is -2.94. The Labute approximate surface area is 181 Å². The van der Waals surface area contributed by atoms with Crippen LogP contribution in [0.5, 0.6) is 0 Å². The number of rotatable bonds is 9. The first-order valence-corrected chi connectivity index (χ1v) is 10.6. The van der Waals surface area contributed by atoms with Crippen LogP contribution in [0.3, 0.4) is 0 Å². The van der Waals surface area contributed by atoms with Crippen LogP contribution in [0, 0.1) is 5.92 Å². The van der Waals surface area contributed by atoms with Gasteiger partial charge in [-0.3, -0.25) is 4.90 Å². The van der Waals surface area contributed by atoms with E-state index in [2.05, 4.69) is 9.97 Å². The van der Waals surface area contributed by atoms with Crippen LogP contribution in [0.4, 0.5) is 10.6 Å². The zero-order chi connectivity index (χ0) is 22.2. The second kappa shape index (κ2) is 10.9. The average Bonchev–Trinajstić information content (AvgIpc) is 3.29. The van der Waals surface area contributed by atoms with Gasteiger partial charge in [0.25, 0.3) is 0 Å². The molecule has 1 amide bonds. The molecule has 0 unspecified atom stereocenters. The van der Waals surface area contributed by atoms with Gasteiger partial charge in [0.2, 0.25) is 5.89 Å². The second-order valence-corrected chi connectivity index (χ2v) is 7.70. The molecule has 0 spiro atoms. The summed E-state index contributed by atoms with van der Waals surface area (Å²) in [5.74, 6) is -0.281. The van der Waals surface area contributed by atoms with Crippen molar-refractivity contribution >= 4 is 17.9 Å². The topological polar surface area (TPSA) is 115 Å². The molecule has 2 aromatic rings. The van der Waals surface area contributed by atoms with Gasteiger partial charge in [-0.2, -0.15) is 0 Å². The Bertz CT molecular complexity index is 876. The number of unbranched alkanes of at least 4 members (excludes halogenated alkanes) is 1. The number of methoxy groups -OCH3 is 1. The van der Waals surface area contributed by atoms with Gasteiger partial charge in [0.15, 0.2) is 5.69 Å². The third-order valence-electron chi connectivity index (χ3n) is 5.50. The smallest absolute Gasteiger partial charge is 0.415 e. The minimum absolute atomic E-state index is 0.154. The number of carboxylic acid groups (broad SMARTS) is 1. The first-order chi connectivity index (χ1) is 15.0. The van der Waals surface area contributed by atoms with Gasteiger partial charge >= 0.3 is 12.1 Å². The van der Waals surface area contributed by atoms with E-state index in [4.69, 9.17) is 19.0 Å². The van der Waals surface area contributed by atoms with Crippen LogP contribution in [-0.4, -0.2) is 53.5 Å². The fourth-order valence-electron chi connectivity index (χ4n) is 3.66. The van der Waals surface area contributed by atoms with Crippen LogP contribution < -0.4 is 4.90 Å². The fraction of sp³-hybridized carbons (Fsp3) is 0.545. The van der Waals surface area contributed by atoms with Crippen molar-refractivity contribution in [3.05, 3.63) is 30.3 Å². The van der Waals surface area contributed by atoms with Crippen molar-refractivity contribution in [1.29, 1.82) is 0 Å². The van der Waals surface area contributed by atoms with Crippen molar-refractivity contribution in [1.82, 2.24) is 9.97 Å². The van der Waals surface area contributed by atoms with Crippen molar-refractivity contribution < 1.29 is 28.6 Å². The molecule has 0 aromatic carbocycles. The van der Waals surface area contributed by atoms with Gasteiger partial charge in [-0.05, 0) is 50.2 Å². The molecular formula is C22H29N3O6. The first-order valence-electron chi connectivity index (χ1n) is 10.6. The molecule has 9 nitrogen and oxygen atoms in total. The Balaban J connectivity index is 1.80. The summed E-state index contributed by atoms with van der Waals surface area (Å²) in [6.45, 7) is 2.88. The van der Waals surface area contributed by atoms with Crippen molar-refractivity contribution in [2.24, 2.45) is 5.92 Å². The van der Waals surface area contributed by atoms with E-state index in [1.54, 1.807) is 30.3 Å². The quantitative estimate of drug-likeness (QED) is 0.582. The highest BCUT2D eigenvalue weighted by Gasteiger charge is 2.27. The number of anilines is 1. The van der Waals surface area contributed by atoms with E-state index < -0.39 is 12.1 Å². The zero-order valence-electron chi connectivity index (χ0n) is 18.0. The lowest BCUT2D eigenvalue weighted by atomic mass is 9.87. The maximum atomic E-state index is 12.9. The molecule has 3 rings (SSSR count). The molecule has 0 saturated heterocycles. The lowest BCUT2D eigenvalue weighted by molar-refractivity contribution is 0.0574. The molecule has 1 aliphatic rings. The van der Waals surface area contributed by atoms with Gasteiger partial charge in [-0.25, -0.2) is 19.6 Å². The maximum absolute atomic E-state index is 12.9. The number of amides is 1. The molecule has 0 radical (unpaired) electrons. The predicted molar refractivity (Wildman–Crippen MR) is 113 cm³/mol. The van der Waals surface area contributed by atoms with Crippen LogP contribution in [0.1, 0.15) is 55.9 Å². The van der Waals surface area contributed by atoms with E-state index in [1.165, 1.54) is 0 Å². The third-order valence-corrected chi connectivity index (χ3v) is 5.50. The van der Waals surface area contributed by atoms with E-state index in [0.29, 0.717) is 30.5 Å². The number of aromatic carboxylic acids is 1. The average molecular weight is 431 g/mol. The number of carbonyl (C=O) groups excluding carboxylic acids is 1. The number of nitrogens with zero attached hydrogens (tertiary/aromatic N) is 3. The predicted octanol–water partition coefficient (Wildman–Crippen LogP) is 4.38. The number of carbonyl (C=O) groups is 2. The van der Waals surface area contributed by atoms with Crippen molar-refractivity contribution in [2.75, 3.05) is 25.2 Å². The molecule has 0 bridgehead atoms. The Kier molecular flexibility index (Phi) is 8.00. The summed E-state index contributed by atoms with van der Waals surface area (Å²) in [7, 11) is 1.73. The fourth-order valence-corrected chi connectivity index (χ4v) is 3.66. The minimum Gasteiger partial charge on any atom is -0.476 e. The summed E-state index contributed by atoms with van der Waals surface area (Å²) < 4.78 is 16.2. The summed E-state index contributed by atoms with van der Waals surface area (Å²) >= 11 is 0. The van der Waals surface area contributed by atoms with Crippen LogP contribution in [0.15, 0.2) is 29.0 Å². The normalized spacial score (nSPS) is 18.5. The lowest BCUT2D eigenvalue weighted by Gasteiger charge is -2.31. The zero-order valence-corrected chi connectivity index (χ0v) is 18.0. The molecule has 31 heavy (non-hydrogen) atoms. The number of hydrogen-bond acceptors (Lipinski definition) is 7. The molecule has 168 valence electrons. The molecular weight excluding hydrogens is 402 g/mol. The van der Waals surface area contributed by atoms with Crippen molar-refractivity contribution in [3.63, 3.8) is 0 Å². The van der Waals surface area contributed by atoms with Gasteiger partial charge in [0, 0.05) is 25.4 Å². The standard InChI is InChI=1S/C22H29N3O6/c1-3-4-11-30-22(28)25(13-15-5-7-17(29-2)8-6-15)19-12-16(9-10-23-19)20-24-18(14-31-20)21(26)27/h9-10,12,14-15,17H,3-8,11,13H2,1-2H3,(H,26,27). The SMILES string of the molecule is CCCCOC(=O)N(CC1CCC(OC)CC1)c1cc(-c2nc(C(=O)O)co2)ccn1. The number of aromatic nitrogens is 2. The van der Waals surface area contributed by atoms with E-state index in [9.17, 15) is 9.59 Å². The number of ether oxygens (including phenoxy) is 2. The van der Waals surface area contributed by atoms with Gasteiger partial charge in [0.1, 0.15) is 12.1 Å². The van der Waals surface area contributed by atoms with E-state index in [0.717, 1.165) is 44.8 Å². The first kappa shape index (κ1) is 22.7. The van der Waals surface area contributed by atoms with Gasteiger partial charge < -0.3 is 19.0 Å². The van der Waals surface area contributed by atoms with Gasteiger partial charge in [0.05, 0.1) is 12.7 Å². The molecule has 9 heteroatoms. The van der Waals surface area contributed by atoms with Crippen LogP contribution in [-0.2, 0) is 9.47 Å². The summed E-state index contributed by atoms with van der Waals surface area (Å²) in [4.78, 5) is 33.9. The third kappa shape index (κ3) is 6.04. The molecule has 0 atom stereocenters. The molecule has 2 aromatic heterocycles. The lowest BCUT2D eigenvalue weighted by Crippen LogP contribution is -2.38. The number of carboxylic acids is 1. The van der Waals surface area contributed by atoms with E-state index >= 15 is 0 Å². The van der Waals surface area contributed by atoms with Gasteiger partial charge in [-0.15, -0.1) is 0 Å². The largest absolute Gasteiger partial charge is 0.476 e. The highest BCUT2D eigenvalue weighted by atomic mass is 16.6. The Morgan fingerprint density at radius 1 is 1.29 bits per heavy atom. The monoisotopic (exact) mass is 431 g/mol. The Morgan fingerprint density at radius 3 is 2.71 bits per heavy atom. The number of oxazole rings is 1. The maximum Gasteiger partial charge on any atom is 0.415 e. The van der Waals surface area contributed by atoms with Crippen molar-refractivity contribution in [2.45, 2.75) is 51.6 Å². The molecule has 1 N–H and O–H groups in total. The summed E-state index contributed by atoms with van der Waals surface area (Å²) in [5, 5.41) is 9.07. The van der Waals surface area contributed by atoms with Gasteiger partial charge in [-0.1, -0.05) is 13.3 Å². The molecule has 1 saturated carbocycles.